The van der Waals surface area contributed by atoms with E-state index in [0.717, 1.165) is 43.5 Å². The average Bonchev–Trinajstić information content (AvgIpc) is 3.57. The van der Waals surface area contributed by atoms with Crippen LogP contribution < -0.4 is 25.3 Å². The normalized spacial score (nSPS) is 12.5. The highest BCUT2D eigenvalue weighted by Crippen LogP contribution is 2.43. The summed E-state index contributed by atoms with van der Waals surface area (Å²) in [6.07, 6.45) is 2.55. The number of fused-ring (bicyclic) bond motifs is 2. The Kier molecular flexibility index (Phi) is 15.1. The van der Waals surface area contributed by atoms with E-state index in [1.807, 2.05) is 0 Å². The second-order valence-corrected chi connectivity index (χ2v) is 23.1. The number of carboxylic acid groups (broad SMARTS) is 1. The minimum atomic E-state index is -5.30. The molecular formula is C44H34N11O19S5+. The number of hydrogen-bond acceptors (Lipinski definition) is 22. The molecule has 2 aromatic heterocycles. The van der Waals surface area contributed by atoms with Crippen molar-refractivity contribution in [2.75, 3.05) is 23.1 Å². The molecule has 0 aliphatic carbocycles. The molecule has 0 radical (unpaired) electrons. The molecule has 0 bridgehead atoms. The summed E-state index contributed by atoms with van der Waals surface area (Å²) in [6.45, 7) is 1.09. The van der Waals surface area contributed by atoms with Gasteiger partial charge in [0.05, 0.1) is 51.9 Å². The van der Waals surface area contributed by atoms with Crippen molar-refractivity contribution in [3.05, 3.63) is 121 Å². The zero-order valence-corrected chi connectivity index (χ0v) is 43.7. The summed E-state index contributed by atoms with van der Waals surface area (Å²) < 4.78 is 180. The Bertz CT molecular complexity index is 4570. The molecule has 0 fully saturated rings. The largest absolute Gasteiger partial charge is 0.494 e. The van der Waals surface area contributed by atoms with Gasteiger partial charge in [-0.3, -0.25) is 27.6 Å². The smallest absolute Gasteiger partial charge is 0.444 e. The predicted molar refractivity (Wildman–Crippen MR) is 274 cm³/mol. The van der Waals surface area contributed by atoms with E-state index in [1.165, 1.54) is 66.4 Å². The Morgan fingerprint density at radius 1 is 0.557 bits per heavy atom. The van der Waals surface area contributed by atoms with Crippen molar-refractivity contribution in [3.8, 4) is 11.7 Å². The quantitative estimate of drug-likeness (QED) is 0.0261. The number of azo groups is 2. The highest BCUT2D eigenvalue weighted by molar-refractivity contribution is 7.87. The minimum absolute atomic E-state index is 0.00456. The molecule has 79 heavy (non-hydrogen) atoms. The van der Waals surface area contributed by atoms with Crippen LogP contribution in [0.1, 0.15) is 17.3 Å². The number of methoxy groups -OCH3 is 1. The molecular weight excluding hydrogens is 1150 g/mol. The number of ether oxygens (including phenoxy) is 1. The Labute approximate surface area is 445 Å². The SMILES string of the molecule is COc1cc(N=Nc2cc3c(S(=O)(=O)O)cc(S(=O)(=O)O)cc3cc2S(=O)(=O)O)c(NC(C)=O)cc1N=Nc1ccc(Nc2nc(Nc3cccc(S(=O)(=O)O)c3)nc(-[n+]3cccc(C(=O)O)c3)n2)c2c(S(=O)(=O)O)cccc12. The summed E-state index contributed by atoms with van der Waals surface area (Å²) in [5, 5.41) is 32.9. The van der Waals surface area contributed by atoms with E-state index >= 15 is 0 Å². The molecule has 0 saturated heterocycles. The molecule has 8 aromatic rings. The third-order valence-electron chi connectivity index (χ3n) is 10.8. The molecule has 0 saturated carbocycles. The molecule has 408 valence electrons. The van der Waals surface area contributed by atoms with Gasteiger partial charge in [-0.2, -0.15) is 42.1 Å². The van der Waals surface area contributed by atoms with Crippen molar-refractivity contribution in [2.24, 2.45) is 20.5 Å². The maximum absolute atomic E-state index is 13.0. The summed E-state index contributed by atoms with van der Waals surface area (Å²) >= 11 is 0. The number of aromatic nitrogens is 4. The number of nitrogens with one attached hydrogen (secondary N) is 3. The number of benzene rings is 6. The topological polar surface area (TPSA) is 464 Å². The van der Waals surface area contributed by atoms with Gasteiger partial charge in [0.1, 0.15) is 37.5 Å². The number of nitrogens with zero attached hydrogens (tertiary/aromatic N) is 8. The molecule has 6 aromatic carbocycles. The first kappa shape index (κ1) is 56.3. The number of rotatable bonds is 17. The first-order valence-corrected chi connectivity index (χ1v) is 28.6. The first-order valence-electron chi connectivity index (χ1n) is 21.4. The van der Waals surface area contributed by atoms with Gasteiger partial charge in [0.2, 0.25) is 5.91 Å². The Balaban J connectivity index is 1.22. The number of carbonyl (C=O) groups excluding carboxylic acids is 1. The average molecular weight is 1180 g/mol. The van der Waals surface area contributed by atoms with Gasteiger partial charge in [-0.05, 0) is 94.2 Å². The van der Waals surface area contributed by atoms with Crippen molar-refractivity contribution < 1.29 is 88.9 Å². The van der Waals surface area contributed by atoms with Gasteiger partial charge in [-0.1, -0.05) is 18.2 Å². The third-order valence-corrected chi connectivity index (χ3v) is 15.1. The maximum atomic E-state index is 13.0. The van der Waals surface area contributed by atoms with Gasteiger partial charge in [-0.25, -0.2) is 9.36 Å². The van der Waals surface area contributed by atoms with Crippen LogP contribution in [0.2, 0.25) is 0 Å². The van der Waals surface area contributed by atoms with E-state index < -0.39 is 103 Å². The van der Waals surface area contributed by atoms with Gasteiger partial charge >= 0.3 is 23.8 Å². The van der Waals surface area contributed by atoms with Gasteiger partial charge in [0.25, 0.3) is 50.6 Å². The number of aromatic carboxylic acids is 1. The fourth-order valence-electron chi connectivity index (χ4n) is 7.42. The van der Waals surface area contributed by atoms with Crippen LogP contribution in [0.5, 0.6) is 5.75 Å². The minimum Gasteiger partial charge on any atom is -0.494 e. The molecule has 30 nitrogen and oxygen atoms in total. The lowest BCUT2D eigenvalue weighted by Gasteiger charge is -2.13. The second-order valence-electron chi connectivity index (χ2n) is 16.1. The summed E-state index contributed by atoms with van der Waals surface area (Å²) in [5.74, 6) is -3.04. The number of carboxylic acids is 1. The second kappa shape index (κ2) is 21.1. The predicted octanol–water partition coefficient (Wildman–Crippen LogP) is 6.67. The molecule has 0 spiro atoms. The standard InChI is InChI=1S/C44H33N11O19S5/c1-22(56)45-32-19-34(36(74-2)20-33(32)52-54-35-18-29-24(15-39(35)79(71,72)73)14-27(76(62,63)64)17-38(29)78(68,69)70)53-51-30-11-12-31(40-28(30)9-4-10-37(40)77(65,66)67)47-43-48-42(46-25-7-3-8-26(16-25)75(59,60)61)49-44(50-43)55-13-5-6-23(21-55)41(57)58/h3-21H,1-2H3,(H8-,45,46,47,48,49,50,53,54,56,57,58,59,60,61,62,63,64,65,66,67,68,69,70,71,72,73)/p+1. The van der Waals surface area contributed by atoms with E-state index in [-0.39, 0.29) is 74.1 Å². The van der Waals surface area contributed by atoms with Gasteiger partial charge in [-0.15, -0.1) is 25.4 Å². The fraction of sp³-hybridized carbons (Fsp3) is 0.0455. The number of pyridine rings is 1. The molecule has 2 heterocycles. The molecule has 9 N–H and O–H groups in total. The Morgan fingerprint density at radius 3 is 1.82 bits per heavy atom. The van der Waals surface area contributed by atoms with Gasteiger partial charge in [0, 0.05) is 34.8 Å². The van der Waals surface area contributed by atoms with Crippen molar-refractivity contribution in [1.82, 2.24) is 15.0 Å². The van der Waals surface area contributed by atoms with E-state index in [9.17, 15) is 79.5 Å². The van der Waals surface area contributed by atoms with Crippen LogP contribution in [-0.2, 0) is 55.4 Å². The molecule has 8 rings (SSSR count). The number of carbonyl (C=O) groups is 2. The van der Waals surface area contributed by atoms with E-state index in [0.29, 0.717) is 24.3 Å². The van der Waals surface area contributed by atoms with Gasteiger partial charge in [0.15, 0.2) is 0 Å². The molecule has 35 heteroatoms. The summed E-state index contributed by atoms with van der Waals surface area (Å²) in [7, 11) is -24.3. The zero-order chi connectivity index (χ0) is 57.6. The Hall–Kier alpha value is -8.91. The molecule has 0 aliphatic rings. The molecule has 0 unspecified atom stereocenters. The van der Waals surface area contributed by atoms with Crippen LogP contribution in [0, 0.1) is 0 Å². The van der Waals surface area contributed by atoms with E-state index in [1.54, 1.807) is 0 Å². The van der Waals surface area contributed by atoms with Crippen molar-refractivity contribution in [3.63, 3.8) is 0 Å². The lowest BCUT2D eigenvalue weighted by atomic mass is 10.1. The van der Waals surface area contributed by atoms with Crippen LogP contribution in [0.15, 0.2) is 160 Å². The summed E-state index contributed by atoms with van der Waals surface area (Å²) in [5.41, 5.74) is -1.76. The zero-order valence-electron chi connectivity index (χ0n) is 39.6. The van der Waals surface area contributed by atoms with Crippen molar-refractivity contribution >= 4 is 136 Å². The molecule has 0 atom stereocenters. The van der Waals surface area contributed by atoms with Crippen LogP contribution in [-0.4, -0.2) is 104 Å². The highest BCUT2D eigenvalue weighted by atomic mass is 32.2. The maximum Gasteiger partial charge on any atom is 0.444 e. The number of anilines is 5. The summed E-state index contributed by atoms with van der Waals surface area (Å²) in [6, 6.07) is 18.5. The van der Waals surface area contributed by atoms with Crippen molar-refractivity contribution in [2.45, 2.75) is 31.4 Å². The van der Waals surface area contributed by atoms with E-state index in [4.69, 9.17) is 4.74 Å². The number of amides is 1. The first-order chi connectivity index (χ1) is 36.9. The van der Waals surface area contributed by atoms with Crippen molar-refractivity contribution in [1.29, 1.82) is 0 Å². The fourth-order valence-corrected chi connectivity index (χ4v) is 10.7. The van der Waals surface area contributed by atoms with Gasteiger partial charge < -0.3 is 25.8 Å². The molecule has 1 amide bonds. The van der Waals surface area contributed by atoms with Crippen LogP contribution >= 0.6 is 0 Å². The Morgan fingerprint density at radius 2 is 1.19 bits per heavy atom. The lowest BCUT2D eigenvalue weighted by molar-refractivity contribution is -0.603. The monoisotopic (exact) mass is 1180 g/mol. The summed E-state index contributed by atoms with van der Waals surface area (Å²) in [4.78, 5) is 33.0. The van der Waals surface area contributed by atoms with Crippen LogP contribution in [0.3, 0.4) is 0 Å². The van der Waals surface area contributed by atoms with E-state index in [2.05, 4.69) is 51.4 Å². The van der Waals surface area contributed by atoms with Crippen LogP contribution in [0.4, 0.5) is 51.7 Å². The van der Waals surface area contributed by atoms with Crippen LogP contribution in [0.25, 0.3) is 27.5 Å². The third kappa shape index (κ3) is 12.8. The lowest BCUT2D eigenvalue weighted by Crippen LogP contribution is -2.34. The molecule has 0 aliphatic heterocycles. The number of hydrogen-bond donors (Lipinski definition) is 9. The highest BCUT2D eigenvalue weighted by Gasteiger charge is 2.27.